The summed E-state index contributed by atoms with van der Waals surface area (Å²) in [6, 6.07) is 3.85. The molecule has 0 radical (unpaired) electrons. The number of ether oxygens (including phenoxy) is 1. The Morgan fingerprint density at radius 3 is 2.42 bits per heavy atom. The van der Waals surface area contributed by atoms with Crippen LogP contribution in [0.1, 0.15) is 33.1 Å². The minimum atomic E-state index is -0.695. The van der Waals surface area contributed by atoms with E-state index in [-0.39, 0.29) is 11.6 Å². The number of carbonyl (C=O) groups excluding carboxylic acids is 1. The van der Waals surface area contributed by atoms with Crippen molar-refractivity contribution >= 4 is 5.97 Å². The molecule has 0 amide bonds. The van der Waals surface area contributed by atoms with Crippen LogP contribution in [0.15, 0.2) is 37.2 Å². The van der Waals surface area contributed by atoms with Gasteiger partial charge in [0.25, 0.3) is 0 Å². The largest absolute Gasteiger partial charge is 0.507 e. The van der Waals surface area contributed by atoms with Crippen LogP contribution < -0.4 is 4.74 Å². The number of rotatable bonds is 5. The molecule has 8 heteroatoms. The first kappa shape index (κ1) is 17.4. The van der Waals surface area contributed by atoms with E-state index in [1.54, 1.807) is 0 Å². The molecule has 132 valence electrons. The van der Waals surface area contributed by atoms with E-state index in [4.69, 9.17) is 4.74 Å². The Morgan fingerprint density at radius 2 is 1.73 bits per heavy atom. The lowest BCUT2D eigenvalue weighted by Gasteiger charge is -2.08. The van der Waals surface area contributed by atoms with E-state index in [1.807, 2.05) is 26.0 Å². The predicted molar refractivity (Wildman–Crippen MR) is 91.8 cm³/mol. The summed E-state index contributed by atoms with van der Waals surface area (Å²) >= 11 is 0. The van der Waals surface area contributed by atoms with E-state index in [1.165, 1.54) is 25.0 Å². The minimum absolute atomic E-state index is 0.0723. The van der Waals surface area contributed by atoms with Gasteiger partial charge in [0.2, 0.25) is 5.82 Å². The number of nitrogens with zero attached hydrogens (tertiary/aromatic N) is 5. The van der Waals surface area contributed by atoms with Crippen LogP contribution in [0.5, 0.6) is 11.5 Å². The monoisotopic (exact) mass is 351 g/mol. The van der Waals surface area contributed by atoms with Gasteiger partial charge in [0, 0.05) is 6.42 Å². The number of hydrogen-bond donors (Lipinski definition) is 1. The number of aryl methyl sites for hydroxylation is 4. The molecule has 0 bridgehead atoms. The average molecular weight is 351 g/mol. The quantitative estimate of drug-likeness (QED) is 0.695. The molecule has 0 fully saturated rings. The van der Waals surface area contributed by atoms with Gasteiger partial charge in [0.15, 0.2) is 5.75 Å². The molecule has 0 aliphatic heterocycles. The predicted octanol–water partition coefficient (Wildman–Crippen LogP) is 1.99. The molecular weight excluding hydrogens is 334 g/mol. The normalized spacial score (nSPS) is 10.5. The Kier molecular flexibility index (Phi) is 5.12. The van der Waals surface area contributed by atoms with Crippen molar-refractivity contribution in [2.75, 3.05) is 0 Å². The molecule has 0 spiro atoms. The summed E-state index contributed by atoms with van der Waals surface area (Å²) in [5, 5.41) is 9.84. The fourth-order valence-electron chi connectivity index (χ4n) is 2.49. The number of benzene rings is 1. The van der Waals surface area contributed by atoms with Crippen LogP contribution in [0.3, 0.4) is 0 Å². The first-order chi connectivity index (χ1) is 12.5. The topological polar surface area (TPSA) is 111 Å². The average Bonchev–Trinajstić information content (AvgIpc) is 2.65. The summed E-state index contributed by atoms with van der Waals surface area (Å²) in [5.41, 5.74) is 2.71. The van der Waals surface area contributed by atoms with E-state index in [2.05, 4.69) is 24.9 Å². The first-order valence-corrected chi connectivity index (χ1v) is 7.97. The zero-order chi connectivity index (χ0) is 18.5. The highest BCUT2D eigenvalue weighted by atomic mass is 16.5. The van der Waals surface area contributed by atoms with Gasteiger partial charge in [0.1, 0.15) is 24.2 Å². The highest BCUT2D eigenvalue weighted by Crippen LogP contribution is 2.23. The van der Waals surface area contributed by atoms with E-state index in [0.717, 1.165) is 16.7 Å². The summed E-state index contributed by atoms with van der Waals surface area (Å²) in [6.07, 6.45) is 6.58. The standard InChI is InChI=1S/C18H17N5O3/c1-11-5-13(6-12(2)16(11)24)3-4-15-21-10-22-17(23-15)18(25)26-14-7-19-9-20-8-14/h5-10,24H,3-4H2,1-2H3. The third kappa shape index (κ3) is 4.15. The van der Waals surface area contributed by atoms with Gasteiger partial charge in [0.05, 0.1) is 12.4 Å². The van der Waals surface area contributed by atoms with Gasteiger partial charge in [-0.3, -0.25) is 0 Å². The minimum Gasteiger partial charge on any atom is -0.507 e. The number of esters is 1. The summed E-state index contributed by atoms with van der Waals surface area (Å²) in [4.78, 5) is 31.8. The summed E-state index contributed by atoms with van der Waals surface area (Å²) in [5.74, 6) is 0.245. The summed E-state index contributed by atoms with van der Waals surface area (Å²) in [7, 11) is 0. The molecule has 8 nitrogen and oxygen atoms in total. The highest BCUT2D eigenvalue weighted by molar-refractivity contribution is 5.86. The number of phenols is 1. The molecule has 2 heterocycles. The van der Waals surface area contributed by atoms with Crippen molar-refractivity contribution in [1.29, 1.82) is 0 Å². The molecule has 1 N–H and O–H groups in total. The van der Waals surface area contributed by atoms with E-state index in [9.17, 15) is 9.90 Å². The van der Waals surface area contributed by atoms with Crippen LogP contribution in [-0.4, -0.2) is 36.0 Å². The second-order valence-corrected chi connectivity index (χ2v) is 5.77. The molecule has 26 heavy (non-hydrogen) atoms. The molecule has 2 aromatic heterocycles. The highest BCUT2D eigenvalue weighted by Gasteiger charge is 2.14. The Hall–Kier alpha value is -3.42. The van der Waals surface area contributed by atoms with E-state index in [0.29, 0.717) is 24.4 Å². The van der Waals surface area contributed by atoms with Gasteiger partial charge in [-0.2, -0.15) is 0 Å². The Bertz CT molecular complexity index is 908. The van der Waals surface area contributed by atoms with Gasteiger partial charge >= 0.3 is 5.97 Å². The van der Waals surface area contributed by atoms with Crippen LogP contribution in [0.4, 0.5) is 0 Å². The van der Waals surface area contributed by atoms with E-state index >= 15 is 0 Å². The zero-order valence-corrected chi connectivity index (χ0v) is 14.4. The van der Waals surface area contributed by atoms with Gasteiger partial charge < -0.3 is 9.84 Å². The number of carbonyl (C=O) groups is 1. The van der Waals surface area contributed by atoms with Gasteiger partial charge in [-0.15, -0.1) is 0 Å². The molecule has 0 atom stereocenters. The van der Waals surface area contributed by atoms with Crippen LogP contribution in [0.25, 0.3) is 0 Å². The van der Waals surface area contributed by atoms with Crippen molar-refractivity contribution in [2.24, 2.45) is 0 Å². The van der Waals surface area contributed by atoms with Crippen molar-refractivity contribution in [1.82, 2.24) is 24.9 Å². The summed E-state index contributed by atoms with van der Waals surface area (Å²) < 4.78 is 5.12. The molecule has 0 aliphatic carbocycles. The Morgan fingerprint density at radius 1 is 1.04 bits per heavy atom. The lowest BCUT2D eigenvalue weighted by Crippen LogP contribution is -2.15. The second-order valence-electron chi connectivity index (χ2n) is 5.77. The maximum atomic E-state index is 12.1. The zero-order valence-electron chi connectivity index (χ0n) is 14.4. The molecular formula is C18H17N5O3. The van der Waals surface area contributed by atoms with Crippen molar-refractivity contribution < 1.29 is 14.6 Å². The van der Waals surface area contributed by atoms with Crippen LogP contribution in [0, 0.1) is 13.8 Å². The molecule has 3 rings (SSSR count). The van der Waals surface area contributed by atoms with Crippen LogP contribution in [-0.2, 0) is 12.8 Å². The molecule has 0 saturated heterocycles. The smallest absolute Gasteiger partial charge is 0.381 e. The van der Waals surface area contributed by atoms with Gasteiger partial charge in [-0.25, -0.2) is 29.7 Å². The maximum Gasteiger partial charge on any atom is 0.381 e. The van der Waals surface area contributed by atoms with Crippen LogP contribution in [0.2, 0.25) is 0 Å². The van der Waals surface area contributed by atoms with E-state index < -0.39 is 5.97 Å². The maximum absolute atomic E-state index is 12.1. The summed E-state index contributed by atoms with van der Waals surface area (Å²) in [6.45, 7) is 3.71. The third-order valence-corrected chi connectivity index (χ3v) is 3.74. The Labute approximate surface area is 150 Å². The molecule has 1 aromatic carbocycles. The van der Waals surface area contributed by atoms with Crippen molar-refractivity contribution in [3.63, 3.8) is 0 Å². The van der Waals surface area contributed by atoms with Gasteiger partial charge in [-0.1, -0.05) is 12.1 Å². The lowest BCUT2D eigenvalue weighted by molar-refractivity contribution is 0.0719. The molecule has 3 aromatic rings. The number of phenolic OH excluding ortho intramolecular Hbond substituents is 1. The van der Waals surface area contributed by atoms with Gasteiger partial charge in [-0.05, 0) is 37.0 Å². The SMILES string of the molecule is Cc1cc(CCc2ncnc(C(=O)Oc3cncnc3)n2)cc(C)c1O. The molecule has 0 aliphatic rings. The second kappa shape index (κ2) is 7.64. The van der Waals surface area contributed by atoms with Crippen LogP contribution >= 0.6 is 0 Å². The third-order valence-electron chi connectivity index (χ3n) is 3.74. The number of aromatic hydroxyl groups is 1. The lowest BCUT2D eigenvalue weighted by atomic mass is 10.0. The van der Waals surface area contributed by atoms with Crippen molar-refractivity contribution in [3.8, 4) is 11.5 Å². The number of hydrogen-bond acceptors (Lipinski definition) is 8. The Balaban J connectivity index is 1.68. The molecule has 0 saturated carbocycles. The first-order valence-electron chi connectivity index (χ1n) is 7.97. The van der Waals surface area contributed by atoms with Crippen molar-refractivity contribution in [2.45, 2.75) is 26.7 Å². The van der Waals surface area contributed by atoms with Crippen molar-refractivity contribution in [3.05, 3.63) is 65.5 Å². The number of aromatic nitrogens is 5. The fraction of sp³-hybridized carbons (Fsp3) is 0.222. The molecule has 0 unspecified atom stereocenters. The fourth-order valence-corrected chi connectivity index (χ4v) is 2.49.